The van der Waals surface area contributed by atoms with Crippen LogP contribution in [0.5, 0.6) is 0 Å². The minimum Gasteiger partial charge on any atom is -0.306 e. The maximum Gasteiger partial charge on any atom is 0.0376 e. The van der Waals surface area contributed by atoms with E-state index in [-0.39, 0.29) is 0 Å². The molecule has 0 amide bonds. The molecule has 3 unspecified atom stereocenters. The molecule has 0 aromatic rings. The summed E-state index contributed by atoms with van der Waals surface area (Å²) >= 11 is 0. The summed E-state index contributed by atoms with van der Waals surface area (Å²) in [5, 5.41) is 0. The number of hydrogen-bond donors (Lipinski definition) is 0. The summed E-state index contributed by atoms with van der Waals surface area (Å²) in [5.74, 6) is 1.07. The molecule has 0 saturated carbocycles. The fourth-order valence-electron chi connectivity index (χ4n) is 4.08. The first-order chi connectivity index (χ1) is 12.5. The second-order valence-electron chi connectivity index (χ2n) is 7.32. The topological polar surface area (TPSA) is 6.48 Å². The van der Waals surface area contributed by atoms with E-state index in [9.17, 15) is 0 Å². The molecule has 0 aromatic carbocycles. The lowest BCUT2D eigenvalue weighted by Crippen LogP contribution is -2.48. The molecule has 2 heteroatoms. The summed E-state index contributed by atoms with van der Waals surface area (Å²) in [6, 6.07) is 0.377. The highest BCUT2D eigenvalue weighted by molar-refractivity contribution is 5.33. The van der Waals surface area contributed by atoms with Gasteiger partial charge in [0.15, 0.2) is 0 Å². The van der Waals surface area contributed by atoms with E-state index in [1.54, 1.807) is 0 Å². The molecule has 3 atom stereocenters. The Kier molecular flexibility index (Phi) is 10.2. The van der Waals surface area contributed by atoms with E-state index in [1.165, 1.54) is 17.6 Å². The van der Waals surface area contributed by atoms with Crippen LogP contribution in [0.4, 0.5) is 0 Å². The van der Waals surface area contributed by atoms with Crippen molar-refractivity contribution in [1.82, 2.24) is 9.80 Å². The van der Waals surface area contributed by atoms with Crippen molar-refractivity contribution in [2.75, 3.05) is 34.2 Å². The van der Waals surface area contributed by atoms with Crippen molar-refractivity contribution >= 4 is 0 Å². The van der Waals surface area contributed by atoms with Crippen molar-refractivity contribution in [2.24, 2.45) is 11.8 Å². The van der Waals surface area contributed by atoms with Crippen molar-refractivity contribution < 1.29 is 0 Å². The van der Waals surface area contributed by atoms with Crippen LogP contribution in [0.15, 0.2) is 72.4 Å². The molecule has 0 spiro atoms. The van der Waals surface area contributed by atoms with Crippen LogP contribution in [-0.4, -0.2) is 50.1 Å². The first-order valence-electron chi connectivity index (χ1n) is 9.75. The fourth-order valence-corrected chi connectivity index (χ4v) is 4.08. The van der Waals surface area contributed by atoms with Crippen LogP contribution in [-0.2, 0) is 0 Å². The van der Waals surface area contributed by atoms with Gasteiger partial charge in [-0.05, 0) is 71.9 Å². The minimum atomic E-state index is 0.377. The third kappa shape index (κ3) is 6.26. The molecule has 1 aliphatic rings. The van der Waals surface area contributed by atoms with Crippen LogP contribution in [0.1, 0.15) is 27.2 Å². The number of nitrogens with zero attached hydrogens (tertiary/aromatic N) is 2. The summed E-state index contributed by atoms with van der Waals surface area (Å²) in [7, 11) is 6.64. The third-order valence-corrected chi connectivity index (χ3v) is 5.11. The first-order valence-corrected chi connectivity index (χ1v) is 9.75. The molecule has 144 valence electrons. The Morgan fingerprint density at radius 2 is 1.77 bits per heavy atom. The molecule has 0 radical (unpaired) electrons. The van der Waals surface area contributed by atoms with E-state index in [4.69, 9.17) is 0 Å². The lowest BCUT2D eigenvalue weighted by atomic mass is 9.73. The second kappa shape index (κ2) is 11.9. The standard InChI is InChI=1S/C24H38N2/c1-8-12-16-20(13-9-2)23-19-26(7)18-17-22(23)24(25(5)6)21(14-10-3)15-11-4/h8-16,22-24H,3,17-19H2,1-2,4-7H3/b12-8-,13-9-,15-11-,20-16+,21-14+. The predicted octanol–water partition coefficient (Wildman–Crippen LogP) is 5.25. The molecule has 1 heterocycles. The van der Waals surface area contributed by atoms with E-state index in [2.05, 4.69) is 107 Å². The predicted molar refractivity (Wildman–Crippen MR) is 117 cm³/mol. The number of hydrogen-bond acceptors (Lipinski definition) is 2. The third-order valence-electron chi connectivity index (χ3n) is 5.11. The van der Waals surface area contributed by atoms with Gasteiger partial charge in [0.25, 0.3) is 0 Å². The largest absolute Gasteiger partial charge is 0.306 e. The molecule has 1 rings (SSSR count). The molecule has 1 fully saturated rings. The quantitative estimate of drug-likeness (QED) is 0.549. The Morgan fingerprint density at radius 1 is 1.08 bits per heavy atom. The van der Waals surface area contributed by atoms with E-state index in [0.29, 0.717) is 17.9 Å². The van der Waals surface area contributed by atoms with E-state index < -0.39 is 0 Å². The highest BCUT2D eigenvalue weighted by atomic mass is 15.1. The number of allylic oxidation sites excluding steroid dienone is 8. The molecule has 1 aliphatic heterocycles. The van der Waals surface area contributed by atoms with Crippen LogP contribution in [0.25, 0.3) is 0 Å². The van der Waals surface area contributed by atoms with Crippen LogP contribution in [0, 0.1) is 11.8 Å². The van der Waals surface area contributed by atoms with Crippen LogP contribution in [0.2, 0.25) is 0 Å². The number of likely N-dealkylation sites (tertiary alicyclic amines) is 1. The van der Waals surface area contributed by atoms with Crippen molar-refractivity contribution in [3.8, 4) is 0 Å². The molecule has 0 N–H and O–H groups in total. The van der Waals surface area contributed by atoms with Gasteiger partial charge in [-0.15, -0.1) is 0 Å². The minimum absolute atomic E-state index is 0.377. The molecule has 0 aromatic heterocycles. The lowest BCUT2D eigenvalue weighted by molar-refractivity contribution is 0.110. The van der Waals surface area contributed by atoms with Gasteiger partial charge in [0.2, 0.25) is 0 Å². The van der Waals surface area contributed by atoms with Gasteiger partial charge in [0.1, 0.15) is 0 Å². The zero-order valence-electron chi connectivity index (χ0n) is 17.7. The molecule has 0 bridgehead atoms. The van der Waals surface area contributed by atoms with Crippen LogP contribution < -0.4 is 0 Å². The SMILES string of the molecule is C=C/C=C(\C=C/C)C(C1CCN(C)CC1C(/C=C\C)=C/C=C\C)N(C)C. The van der Waals surface area contributed by atoms with Gasteiger partial charge in [0.05, 0.1) is 0 Å². The van der Waals surface area contributed by atoms with Crippen molar-refractivity contribution in [1.29, 1.82) is 0 Å². The van der Waals surface area contributed by atoms with E-state index in [1.807, 2.05) is 6.08 Å². The maximum absolute atomic E-state index is 3.94. The van der Waals surface area contributed by atoms with Crippen LogP contribution >= 0.6 is 0 Å². The van der Waals surface area contributed by atoms with Crippen molar-refractivity contribution in [3.63, 3.8) is 0 Å². The summed E-state index contributed by atoms with van der Waals surface area (Å²) < 4.78 is 0. The van der Waals surface area contributed by atoms with Gasteiger partial charge in [-0.2, -0.15) is 0 Å². The summed E-state index contributed by atoms with van der Waals surface area (Å²) in [4.78, 5) is 4.84. The van der Waals surface area contributed by atoms with Crippen molar-refractivity contribution in [3.05, 3.63) is 72.4 Å². The second-order valence-corrected chi connectivity index (χ2v) is 7.32. The normalized spacial score (nSPS) is 25.0. The van der Waals surface area contributed by atoms with Gasteiger partial charge >= 0.3 is 0 Å². The van der Waals surface area contributed by atoms with Gasteiger partial charge < -0.3 is 9.80 Å². The van der Waals surface area contributed by atoms with Crippen LogP contribution in [0.3, 0.4) is 0 Å². The zero-order valence-corrected chi connectivity index (χ0v) is 17.7. The average molecular weight is 355 g/mol. The smallest absolute Gasteiger partial charge is 0.0376 e. The Bertz CT molecular complexity index is 575. The number of rotatable bonds is 8. The summed E-state index contributed by atoms with van der Waals surface area (Å²) in [5.41, 5.74) is 2.77. The molecule has 26 heavy (non-hydrogen) atoms. The Balaban J connectivity index is 3.39. The molecule has 0 aliphatic carbocycles. The van der Waals surface area contributed by atoms with Gasteiger partial charge in [-0.1, -0.05) is 61.3 Å². The van der Waals surface area contributed by atoms with Gasteiger partial charge in [-0.25, -0.2) is 0 Å². The van der Waals surface area contributed by atoms with Crippen molar-refractivity contribution in [2.45, 2.75) is 33.2 Å². The summed E-state index contributed by atoms with van der Waals surface area (Å²) in [6.45, 7) is 12.5. The van der Waals surface area contributed by atoms with E-state index in [0.717, 1.165) is 13.1 Å². The van der Waals surface area contributed by atoms with Gasteiger partial charge in [0, 0.05) is 18.5 Å². The number of likely N-dealkylation sites (N-methyl/N-ethyl adjacent to an activating group) is 1. The highest BCUT2D eigenvalue weighted by Crippen LogP contribution is 2.36. The Hall–Kier alpha value is -1.64. The molecular weight excluding hydrogens is 316 g/mol. The molecular formula is C24H38N2. The number of piperidine rings is 1. The Morgan fingerprint density at radius 3 is 2.31 bits per heavy atom. The summed E-state index contributed by atoms with van der Waals surface area (Å²) in [6.07, 6.45) is 20.7. The zero-order chi connectivity index (χ0) is 19.5. The monoisotopic (exact) mass is 354 g/mol. The Labute approximate surface area is 162 Å². The maximum atomic E-state index is 3.94. The highest BCUT2D eigenvalue weighted by Gasteiger charge is 2.37. The van der Waals surface area contributed by atoms with Gasteiger partial charge in [-0.3, -0.25) is 0 Å². The fraction of sp³-hybridized carbons (Fsp3) is 0.500. The first kappa shape index (κ1) is 22.4. The van der Waals surface area contributed by atoms with E-state index >= 15 is 0 Å². The average Bonchev–Trinajstić information content (AvgIpc) is 2.60. The molecule has 2 nitrogen and oxygen atoms in total. The molecule has 1 saturated heterocycles. The lowest BCUT2D eigenvalue weighted by Gasteiger charge is -2.44.